The number of carbonyl (C=O) groups is 2. The van der Waals surface area contributed by atoms with Gasteiger partial charge in [-0.15, -0.1) is 0 Å². The highest BCUT2D eigenvalue weighted by Gasteiger charge is 2.24. The zero-order chi connectivity index (χ0) is 38.2. The Kier molecular flexibility index (Phi) is 37.5. The molecule has 3 unspecified atom stereocenters. The highest BCUT2D eigenvalue weighted by Crippen LogP contribution is 2.16. The van der Waals surface area contributed by atoms with Crippen LogP contribution in [0.15, 0.2) is 72.9 Å². The number of ether oxygens (including phenoxy) is 1. The van der Waals surface area contributed by atoms with Crippen LogP contribution in [-0.4, -0.2) is 46.9 Å². The number of hydrogen-bond donors (Lipinski definition) is 3. The Bertz CT molecular complexity index is 995. The van der Waals surface area contributed by atoms with Gasteiger partial charge in [0.2, 0.25) is 5.91 Å². The van der Waals surface area contributed by atoms with Gasteiger partial charge >= 0.3 is 5.97 Å². The number of nitrogens with one attached hydrogen (secondary N) is 1. The Morgan fingerprint density at radius 3 is 1.67 bits per heavy atom. The fourth-order valence-corrected chi connectivity index (χ4v) is 5.91. The van der Waals surface area contributed by atoms with Crippen molar-refractivity contribution in [1.82, 2.24) is 5.32 Å². The van der Waals surface area contributed by atoms with Crippen LogP contribution in [-0.2, 0) is 14.3 Å². The summed E-state index contributed by atoms with van der Waals surface area (Å²) in [6, 6.07) is -0.720. The Morgan fingerprint density at radius 2 is 1.08 bits per heavy atom. The maximum Gasteiger partial charge on any atom is 0.306 e. The van der Waals surface area contributed by atoms with E-state index in [-0.39, 0.29) is 24.9 Å². The minimum atomic E-state index is -0.803. The van der Waals surface area contributed by atoms with E-state index in [1.54, 1.807) is 0 Å². The summed E-state index contributed by atoms with van der Waals surface area (Å²) in [5, 5.41) is 23.5. The predicted molar refractivity (Wildman–Crippen MR) is 222 cm³/mol. The third kappa shape index (κ3) is 34.4. The van der Waals surface area contributed by atoms with Gasteiger partial charge in [0.25, 0.3) is 0 Å². The summed E-state index contributed by atoms with van der Waals surface area (Å²) in [6.45, 7) is 6.23. The molecule has 3 N–H and O–H groups in total. The van der Waals surface area contributed by atoms with Gasteiger partial charge in [0.15, 0.2) is 0 Å². The molecule has 0 fully saturated rings. The lowest BCUT2D eigenvalue weighted by Gasteiger charge is -2.24. The van der Waals surface area contributed by atoms with Gasteiger partial charge in [-0.1, -0.05) is 184 Å². The first-order valence-electron chi connectivity index (χ1n) is 21.2. The zero-order valence-corrected chi connectivity index (χ0v) is 33.7. The highest BCUT2D eigenvalue weighted by molar-refractivity contribution is 5.77. The molecule has 0 spiro atoms. The smallest absolute Gasteiger partial charge is 0.306 e. The van der Waals surface area contributed by atoms with Crippen molar-refractivity contribution in [1.29, 1.82) is 0 Å². The fourth-order valence-electron chi connectivity index (χ4n) is 5.91. The molecule has 0 heterocycles. The van der Waals surface area contributed by atoms with Crippen LogP contribution >= 0.6 is 0 Å². The molecule has 6 heteroatoms. The molecule has 1 amide bonds. The molecule has 0 aliphatic heterocycles. The van der Waals surface area contributed by atoms with Crippen LogP contribution < -0.4 is 5.32 Å². The number of esters is 1. The molecule has 0 aliphatic carbocycles. The number of aliphatic hydroxyl groups excluding tert-OH is 2. The van der Waals surface area contributed by atoms with E-state index in [4.69, 9.17) is 4.74 Å². The second-order valence-electron chi connectivity index (χ2n) is 14.1. The SMILES string of the molecule is CC/C=C/C=C/C=C\C=C/C=C/CCCC(=O)OC(CCCCC/C=C\CCCC)CC(=O)NC(CO)C(O)CCCCCCCCCCCCC. The molecule has 0 bridgehead atoms. The van der Waals surface area contributed by atoms with E-state index in [0.29, 0.717) is 25.7 Å². The second-order valence-corrected chi connectivity index (χ2v) is 14.1. The van der Waals surface area contributed by atoms with Gasteiger partial charge in [0.05, 0.1) is 25.2 Å². The van der Waals surface area contributed by atoms with Gasteiger partial charge in [-0.25, -0.2) is 0 Å². The molecule has 298 valence electrons. The Hall–Kier alpha value is -2.70. The maximum absolute atomic E-state index is 13.1. The van der Waals surface area contributed by atoms with Crippen LogP contribution in [0.5, 0.6) is 0 Å². The van der Waals surface area contributed by atoms with Crippen molar-refractivity contribution in [3.05, 3.63) is 72.9 Å². The lowest BCUT2D eigenvalue weighted by atomic mass is 10.0. The molecule has 0 aromatic rings. The van der Waals surface area contributed by atoms with E-state index in [1.165, 1.54) is 64.2 Å². The maximum atomic E-state index is 13.1. The van der Waals surface area contributed by atoms with Crippen molar-refractivity contribution in [2.45, 2.75) is 200 Å². The number of unbranched alkanes of at least 4 members (excludes halogenated alkanes) is 16. The molecule has 6 nitrogen and oxygen atoms in total. The van der Waals surface area contributed by atoms with Crippen molar-refractivity contribution in [2.75, 3.05) is 6.61 Å². The molecule has 0 saturated heterocycles. The van der Waals surface area contributed by atoms with Crippen LogP contribution in [0.1, 0.15) is 181 Å². The summed E-state index contributed by atoms with van der Waals surface area (Å²) < 4.78 is 5.82. The quantitative estimate of drug-likeness (QED) is 0.0259. The van der Waals surface area contributed by atoms with Crippen LogP contribution in [0, 0.1) is 0 Å². The van der Waals surface area contributed by atoms with Crippen molar-refractivity contribution in [2.24, 2.45) is 0 Å². The van der Waals surface area contributed by atoms with E-state index in [0.717, 1.165) is 64.2 Å². The molecule has 52 heavy (non-hydrogen) atoms. The van der Waals surface area contributed by atoms with Crippen molar-refractivity contribution >= 4 is 11.9 Å². The molecule has 3 atom stereocenters. The standard InChI is InChI=1S/C46H79NO5/c1-4-7-10-13-16-19-21-22-24-27-30-33-36-39-46(51)52-42(37-34-31-28-25-18-15-12-9-6-3)40-45(50)47-43(41-48)44(49)38-35-32-29-26-23-20-17-14-11-8-5-2/h7,10,13,15-16,18-19,21-22,24,27,30,42-44,48-49H,4-6,8-9,11-12,14,17,20,23,25-26,28-29,31-41H2,1-3H3,(H,47,50)/b10-7+,16-13+,18-15-,21-19-,24-22-,30-27+. The number of aliphatic hydroxyl groups is 2. The van der Waals surface area contributed by atoms with Gasteiger partial charge in [0.1, 0.15) is 6.10 Å². The van der Waals surface area contributed by atoms with Crippen molar-refractivity contribution < 1.29 is 24.5 Å². The molecule has 0 saturated carbocycles. The van der Waals surface area contributed by atoms with Gasteiger partial charge < -0.3 is 20.3 Å². The van der Waals surface area contributed by atoms with Crippen molar-refractivity contribution in [3.8, 4) is 0 Å². The van der Waals surface area contributed by atoms with E-state index in [2.05, 4.69) is 44.3 Å². The van der Waals surface area contributed by atoms with Gasteiger partial charge in [-0.05, 0) is 57.8 Å². The van der Waals surface area contributed by atoms with E-state index < -0.39 is 18.2 Å². The Labute approximate surface area is 320 Å². The number of rotatable bonds is 36. The topological polar surface area (TPSA) is 95.9 Å². The summed E-state index contributed by atoms with van der Waals surface area (Å²) in [5.41, 5.74) is 0. The van der Waals surface area contributed by atoms with Crippen LogP contribution in [0.3, 0.4) is 0 Å². The van der Waals surface area contributed by atoms with E-state index in [9.17, 15) is 19.8 Å². The minimum absolute atomic E-state index is 0.0343. The first-order chi connectivity index (χ1) is 25.5. The zero-order valence-electron chi connectivity index (χ0n) is 33.7. The summed E-state index contributed by atoms with van der Waals surface area (Å²) in [6.07, 6.45) is 48.3. The molecule has 0 rings (SSSR count). The molecule has 0 aromatic carbocycles. The Morgan fingerprint density at radius 1 is 0.577 bits per heavy atom. The number of amides is 1. The van der Waals surface area contributed by atoms with Gasteiger partial charge in [0, 0.05) is 6.42 Å². The number of carbonyl (C=O) groups excluding carboxylic acids is 2. The fraction of sp³-hybridized carbons (Fsp3) is 0.696. The van der Waals surface area contributed by atoms with Crippen LogP contribution in [0.4, 0.5) is 0 Å². The molecular formula is C46H79NO5. The van der Waals surface area contributed by atoms with Crippen LogP contribution in [0.25, 0.3) is 0 Å². The molecular weight excluding hydrogens is 647 g/mol. The summed E-state index contributed by atoms with van der Waals surface area (Å²) >= 11 is 0. The third-order valence-corrected chi connectivity index (χ3v) is 9.15. The predicted octanol–water partition coefficient (Wildman–Crippen LogP) is 11.9. The van der Waals surface area contributed by atoms with Gasteiger partial charge in [-0.2, -0.15) is 0 Å². The van der Waals surface area contributed by atoms with Crippen LogP contribution in [0.2, 0.25) is 0 Å². The Balaban J connectivity index is 4.71. The second kappa shape index (κ2) is 39.5. The van der Waals surface area contributed by atoms with Gasteiger partial charge in [-0.3, -0.25) is 9.59 Å². The minimum Gasteiger partial charge on any atom is -0.462 e. The molecule has 0 radical (unpaired) electrons. The highest BCUT2D eigenvalue weighted by atomic mass is 16.5. The molecule has 0 aromatic heterocycles. The van der Waals surface area contributed by atoms with E-state index in [1.807, 2.05) is 54.7 Å². The lowest BCUT2D eigenvalue weighted by Crippen LogP contribution is -2.46. The first kappa shape index (κ1) is 49.3. The summed E-state index contributed by atoms with van der Waals surface area (Å²) in [7, 11) is 0. The number of hydrogen-bond acceptors (Lipinski definition) is 5. The molecule has 0 aliphatic rings. The third-order valence-electron chi connectivity index (χ3n) is 9.15. The summed E-state index contributed by atoms with van der Waals surface area (Å²) in [5.74, 6) is -0.590. The first-order valence-corrected chi connectivity index (χ1v) is 21.2. The summed E-state index contributed by atoms with van der Waals surface area (Å²) in [4.78, 5) is 25.8. The lowest BCUT2D eigenvalue weighted by molar-refractivity contribution is -0.151. The average Bonchev–Trinajstić information content (AvgIpc) is 3.13. The number of allylic oxidation sites excluding steroid dienone is 12. The van der Waals surface area contributed by atoms with E-state index >= 15 is 0 Å². The largest absolute Gasteiger partial charge is 0.462 e. The monoisotopic (exact) mass is 726 g/mol. The normalized spacial score (nSPS) is 14.2. The van der Waals surface area contributed by atoms with Crippen molar-refractivity contribution in [3.63, 3.8) is 0 Å². The average molecular weight is 726 g/mol.